The molecule has 2 aliphatic heterocycles. The number of hydrogen-bond acceptors (Lipinski definition) is 6. The van der Waals surface area contributed by atoms with E-state index in [2.05, 4.69) is 26.9 Å². The van der Waals surface area contributed by atoms with E-state index in [9.17, 15) is 4.79 Å². The van der Waals surface area contributed by atoms with Crippen LogP contribution in [0.15, 0.2) is 24.3 Å². The van der Waals surface area contributed by atoms with Gasteiger partial charge >= 0.3 is 0 Å². The molecule has 4 rings (SSSR count). The van der Waals surface area contributed by atoms with Gasteiger partial charge in [0.05, 0.1) is 0 Å². The van der Waals surface area contributed by atoms with Gasteiger partial charge < -0.3 is 10.6 Å². The highest BCUT2D eigenvalue weighted by Crippen LogP contribution is 2.36. The number of rotatable bonds is 4. The van der Waals surface area contributed by atoms with E-state index in [-0.39, 0.29) is 0 Å². The number of anilines is 1. The van der Waals surface area contributed by atoms with Crippen LogP contribution in [-0.4, -0.2) is 52.7 Å². The Bertz CT molecular complexity index is 806. The zero-order valence-corrected chi connectivity index (χ0v) is 16.7. The van der Waals surface area contributed by atoms with Gasteiger partial charge in [0.25, 0.3) is 0 Å². The van der Waals surface area contributed by atoms with E-state index in [1.807, 2.05) is 18.2 Å². The summed E-state index contributed by atoms with van der Waals surface area (Å²) in [6.45, 7) is 6.90. The molecule has 7 heteroatoms. The van der Waals surface area contributed by atoms with E-state index in [0.717, 1.165) is 41.6 Å². The monoisotopic (exact) mass is 385 g/mol. The number of hydrogen-bond donors (Lipinski definition) is 1. The number of amides is 1. The highest BCUT2D eigenvalue weighted by Gasteiger charge is 2.36. The van der Waals surface area contributed by atoms with Gasteiger partial charge in [-0.25, -0.2) is 0 Å². The van der Waals surface area contributed by atoms with E-state index in [1.54, 1.807) is 17.4 Å². The van der Waals surface area contributed by atoms with Crippen molar-refractivity contribution in [2.45, 2.75) is 44.6 Å². The molecule has 6 nitrogen and oxygen atoms in total. The SMILES string of the molecule is CC1(N2CCCCC2)CCN(c2nnc(-c3ccccc3C(N)=O)s2)CC1. The lowest BCUT2D eigenvalue weighted by atomic mass is 9.86. The van der Waals surface area contributed by atoms with Crippen molar-refractivity contribution in [2.24, 2.45) is 5.73 Å². The number of likely N-dealkylation sites (tertiary alicyclic amines) is 1. The summed E-state index contributed by atoms with van der Waals surface area (Å²) < 4.78 is 0. The first-order valence-electron chi connectivity index (χ1n) is 9.79. The van der Waals surface area contributed by atoms with Crippen molar-refractivity contribution < 1.29 is 4.79 Å². The number of nitrogens with zero attached hydrogens (tertiary/aromatic N) is 4. The first kappa shape index (κ1) is 18.4. The van der Waals surface area contributed by atoms with E-state index in [4.69, 9.17) is 5.73 Å². The topological polar surface area (TPSA) is 75.3 Å². The van der Waals surface area contributed by atoms with E-state index >= 15 is 0 Å². The van der Waals surface area contributed by atoms with Crippen LogP contribution in [0.2, 0.25) is 0 Å². The van der Waals surface area contributed by atoms with Gasteiger partial charge in [0, 0.05) is 29.8 Å². The Kier molecular flexibility index (Phi) is 5.14. The Morgan fingerprint density at radius 2 is 1.78 bits per heavy atom. The third-order valence-corrected chi connectivity index (χ3v) is 7.09. The van der Waals surface area contributed by atoms with Crippen LogP contribution in [0.1, 0.15) is 49.4 Å². The maximum atomic E-state index is 11.7. The largest absolute Gasteiger partial charge is 0.366 e. The highest BCUT2D eigenvalue weighted by molar-refractivity contribution is 7.18. The zero-order valence-electron chi connectivity index (χ0n) is 15.9. The van der Waals surface area contributed by atoms with Crippen molar-refractivity contribution in [3.63, 3.8) is 0 Å². The number of carbonyl (C=O) groups is 1. The van der Waals surface area contributed by atoms with Crippen LogP contribution in [0.5, 0.6) is 0 Å². The zero-order chi connectivity index (χ0) is 18.9. The fourth-order valence-electron chi connectivity index (χ4n) is 4.27. The summed E-state index contributed by atoms with van der Waals surface area (Å²) in [6.07, 6.45) is 6.34. The van der Waals surface area contributed by atoms with Crippen LogP contribution in [0, 0.1) is 0 Å². The van der Waals surface area contributed by atoms with Crippen LogP contribution in [0.3, 0.4) is 0 Å². The lowest BCUT2D eigenvalue weighted by Crippen LogP contribution is -2.55. The predicted octanol–water partition coefficient (Wildman–Crippen LogP) is 3.15. The van der Waals surface area contributed by atoms with Gasteiger partial charge in [-0.05, 0) is 51.8 Å². The first-order valence-corrected chi connectivity index (χ1v) is 10.6. The Morgan fingerprint density at radius 3 is 2.48 bits per heavy atom. The van der Waals surface area contributed by atoms with Gasteiger partial charge in [0.15, 0.2) is 0 Å². The maximum absolute atomic E-state index is 11.7. The lowest BCUT2D eigenvalue weighted by molar-refractivity contribution is 0.0593. The molecule has 1 amide bonds. The molecule has 0 radical (unpaired) electrons. The molecule has 2 aromatic rings. The second kappa shape index (κ2) is 7.56. The average molecular weight is 386 g/mol. The summed E-state index contributed by atoms with van der Waals surface area (Å²) in [4.78, 5) is 16.7. The van der Waals surface area contributed by atoms with Crippen LogP contribution in [0.25, 0.3) is 10.6 Å². The van der Waals surface area contributed by atoms with Gasteiger partial charge in [-0.3, -0.25) is 9.69 Å². The Labute approximate surface area is 164 Å². The second-order valence-electron chi connectivity index (χ2n) is 7.83. The first-order chi connectivity index (χ1) is 13.1. The van der Waals surface area contributed by atoms with E-state index in [1.165, 1.54) is 32.4 Å². The second-order valence-corrected chi connectivity index (χ2v) is 8.79. The molecule has 2 N–H and O–H groups in total. The molecule has 0 bridgehead atoms. The smallest absolute Gasteiger partial charge is 0.249 e. The minimum absolute atomic E-state index is 0.309. The van der Waals surface area contributed by atoms with Crippen molar-refractivity contribution in [3.05, 3.63) is 29.8 Å². The molecule has 3 heterocycles. The van der Waals surface area contributed by atoms with Crippen LogP contribution < -0.4 is 10.6 Å². The molecular weight excluding hydrogens is 358 g/mol. The maximum Gasteiger partial charge on any atom is 0.249 e. The van der Waals surface area contributed by atoms with Crippen molar-refractivity contribution in [1.82, 2.24) is 15.1 Å². The van der Waals surface area contributed by atoms with Gasteiger partial charge in [0.1, 0.15) is 5.01 Å². The molecule has 0 aliphatic carbocycles. The molecule has 1 aromatic heterocycles. The molecule has 144 valence electrons. The molecule has 2 aliphatic rings. The standard InChI is InChI=1S/C20H27N5OS/c1-20(25-11-5-2-6-12-25)9-13-24(14-10-20)19-23-22-18(27-19)16-8-4-3-7-15(16)17(21)26/h3-4,7-8H,2,5-6,9-14H2,1H3,(H2,21,26). The average Bonchev–Trinajstić information content (AvgIpc) is 3.19. The third kappa shape index (κ3) is 3.71. The van der Waals surface area contributed by atoms with E-state index in [0.29, 0.717) is 11.1 Å². The number of benzene rings is 1. The molecule has 0 atom stereocenters. The summed E-state index contributed by atoms with van der Waals surface area (Å²) >= 11 is 1.54. The molecule has 0 unspecified atom stereocenters. The number of nitrogens with two attached hydrogens (primary N) is 1. The minimum Gasteiger partial charge on any atom is -0.366 e. The molecule has 27 heavy (non-hydrogen) atoms. The summed E-state index contributed by atoms with van der Waals surface area (Å²) in [5.74, 6) is -0.433. The predicted molar refractivity (Wildman–Crippen MR) is 109 cm³/mol. The van der Waals surface area contributed by atoms with Gasteiger partial charge in [0.2, 0.25) is 11.0 Å². The molecule has 0 spiro atoms. The lowest BCUT2D eigenvalue weighted by Gasteiger charge is -2.48. The fraction of sp³-hybridized carbons (Fsp3) is 0.550. The number of piperidine rings is 2. The number of carbonyl (C=O) groups excluding carboxylic acids is 1. The summed E-state index contributed by atoms with van der Waals surface area (Å²) in [5, 5.41) is 10.4. The van der Waals surface area contributed by atoms with Gasteiger partial charge in [-0.15, -0.1) is 10.2 Å². The number of primary amides is 1. The Hall–Kier alpha value is -1.99. The third-order valence-electron chi connectivity index (χ3n) is 6.07. The van der Waals surface area contributed by atoms with Gasteiger partial charge in [-0.2, -0.15) is 0 Å². The van der Waals surface area contributed by atoms with Crippen molar-refractivity contribution >= 4 is 22.4 Å². The van der Waals surface area contributed by atoms with Crippen molar-refractivity contribution in [1.29, 1.82) is 0 Å². The van der Waals surface area contributed by atoms with E-state index < -0.39 is 5.91 Å². The summed E-state index contributed by atoms with van der Waals surface area (Å²) in [6, 6.07) is 7.34. The van der Waals surface area contributed by atoms with Crippen molar-refractivity contribution in [2.75, 3.05) is 31.1 Å². The number of aromatic nitrogens is 2. The van der Waals surface area contributed by atoms with Crippen molar-refractivity contribution in [3.8, 4) is 10.6 Å². The minimum atomic E-state index is -0.433. The summed E-state index contributed by atoms with van der Waals surface area (Å²) in [7, 11) is 0. The Balaban J connectivity index is 1.47. The van der Waals surface area contributed by atoms with Gasteiger partial charge in [-0.1, -0.05) is 36.0 Å². The van der Waals surface area contributed by atoms with Crippen LogP contribution >= 0.6 is 11.3 Å². The molecule has 2 saturated heterocycles. The van der Waals surface area contributed by atoms with Crippen LogP contribution in [0.4, 0.5) is 5.13 Å². The highest BCUT2D eigenvalue weighted by atomic mass is 32.1. The Morgan fingerprint density at radius 1 is 1.07 bits per heavy atom. The molecule has 2 fully saturated rings. The van der Waals surface area contributed by atoms with Crippen LogP contribution in [-0.2, 0) is 0 Å². The summed E-state index contributed by atoms with van der Waals surface area (Å²) in [5.41, 5.74) is 7.08. The quantitative estimate of drug-likeness (QED) is 0.875. The normalized spacial score (nSPS) is 20.6. The molecule has 0 saturated carbocycles. The molecule has 1 aromatic carbocycles. The fourth-order valence-corrected chi connectivity index (χ4v) is 5.20. The molecular formula is C20H27N5OS.